The number of ether oxygens (including phenoxy) is 1. The number of anilines is 1. The van der Waals surface area contributed by atoms with E-state index in [1.807, 2.05) is 47.2 Å². The van der Waals surface area contributed by atoms with E-state index in [-0.39, 0.29) is 18.5 Å². The van der Waals surface area contributed by atoms with Crippen molar-refractivity contribution in [1.82, 2.24) is 15.2 Å². The van der Waals surface area contributed by atoms with E-state index in [1.165, 1.54) is 18.4 Å². The highest BCUT2D eigenvalue weighted by Gasteiger charge is 2.25. The first kappa shape index (κ1) is 23.1. The van der Waals surface area contributed by atoms with Gasteiger partial charge >= 0.3 is 6.09 Å². The molecule has 1 atom stereocenters. The molecular formula is C20H22N4O4S3. The van der Waals surface area contributed by atoms with Crippen LogP contribution in [-0.2, 0) is 16.0 Å². The Balaban J connectivity index is 1.82. The molecule has 0 bridgehead atoms. The normalized spacial score (nSPS) is 11.6. The van der Waals surface area contributed by atoms with Crippen LogP contribution >= 0.6 is 34.9 Å². The van der Waals surface area contributed by atoms with Crippen molar-refractivity contribution >= 4 is 52.6 Å². The third kappa shape index (κ3) is 6.20. The summed E-state index contributed by atoms with van der Waals surface area (Å²) < 4.78 is 16.2. The van der Waals surface area contributed by atoms with Crippen molar-refractivity contribution < 1.29 is 18.9 Å². The first-order valence-corrected chi connectivity index (χ1v) is 11.8. The molecule has 3 aromatic rings. The van der Waals surface area contributed by atoms with E-state index >= 15 is 0 Å². The van der Waals surface area contributed by atoms with Crippen LogP contribution in [0.2, 0.25) is 0 Å². The Morgan fingerprint density at radius 3 is 2.68 bits per heavy atom. The molecule has 3 rings (SSSR count). The van der Waals surface area contributed by atoms with Crippen molar-refractivity contribution in [2.45, 2.75) is 12.5 Å². The number of thiophene rings is 1. The lowest BCUT2D eigenvalue weighted by atomic mass is 10.0. The molecule has 1 unspecified atom stereocenters. The summed E-state index contributed by atoms with van der Waals surface area (Å²) >= 11 is 3.69. The number of rotatable bonds is 9. The van der Waals surface area contributed by atoms with Gasteiger partial charge in [-0.1, -0.05) is 18.2 Å². The number of methoxy groups -OCH3 is 1. The SMILES string of the molecule is COC(=O)NCC(=O)N(C)C(Cc1ccc(NSO)cc1)c1csc(-c2cccs2)n1. The number of carbonyl (C=O) groups excluding carboxylic acids is 2. The van der Waals surface area contributed by atoms with Crippen molar-refractivity contribution in [3.05, 3.63) is 58.4 Å². The van der Waals surface area contributed by atoms with Crippen LogP contribution in [0.5, 0.6) is 0 Å². The second-order valence-corrected chi connectivity index (χ2v) is 8.71. The summed E-state index contributed by atoms with van der Waals surface area (Å²) in [7, 11) is 2.95. The first-order valence-electron chi connectivity index (χ1n) is 9.24. The summed E-state index contributed by atoms with van der Waals surface area (Å²) in [6.45, 7) is -0.168. The van der Waals surface area contributed by atoms with E-state index in [0.717, 1.165) is 26.8 Å². The minimum absolute atomic E-state index is 0.168. The van der Waals surface area contributed by atoms with Crippen molar-refractivity contribution in [3.8, 4) is 9.88 Å². The molecule has 0 radical (unpaired) electrons. The monoisotopic (exact) mass is 478 g/mol. The van der Waals surface area contributed by atoms with E-state index in [1.54, 1.807) is 23.3 Å². The number of alkyl carbamates (subject to hydrolysis) is 1. The Bertz CT molecular complexity index is 992. The van der Waals surface area contributed by atoms with E-state index < -0.39 is 6.09 Å². The van der Waals surface area contributed by atoms with Crippen LogP contribution in [0.4, 0.5) is 10.5 Å². The van der Waals surface area contributed by atoms with Gasteiger partial charge in [-0.25, -0.2) is 9.78 Å². The zero-order valence-corrected chi connectivity index (χ0v) is 19.4. The Labute approximate surface area is 192 Å². The number of nitrogens with zero attached hydrogens (tertiary/aromatic N) is 2. The molecule has 31 heavy (non-hydrogen) atoms. The zero-order valence-electron chi connectivity index (χ0n) is 16.9. The number of nitrogens with one attached hydrogen (secondary N) is 2. The van der Waals surface area contributed by atoms with Gasteiger partial charge in [-0.3, -0.25) is 4.79 Å². The molecule has 2 amide bonds. The van der Waals surface area contributed by atoms with Crippen LogP contribution in [0.25, 0.3) is 9.88 Å². The highest BCUT2D eigenvalue weighted by Crippen LogP contribution is 2.32. The molecule has 0 aliphatic rings. The predicted molar refractivity (Wildman–Crippen MR) is 125 cm³/mol. The summed E-state index contributed by atoms with van der Waals surface area (Å²) in [6, 6.07) is 11.3. The zero-order chi connectivity index (χ0) is 22.2. The third-order valence-corrected chi connectivity index (χ3v) is 6.80. The molecule has 3 N–H and O–H groups in total. The summed E-state index contributed by atoms with van der Waals surface area (Å²) in [4.78, 5) is 31.5. The summed E-state index contributed by atoms with van der Waals surface area (Å²) in [6.07, 6.45) is -0.113. The van der Waals surface area contributed by atoms with Gasteiger partial charge in [0.1, 0.15) is 23.8 Å². The van der Waals surface area contributed by atoms with Gasteiger partial charge in [0.25, 0.3) is 0 Å². The van der Waals surface area contributed by atoms with Gasteiger partial charge in [-0.05, 0) is 35.6 Å². The number of benzene rings is 1. The molecule has 164 valence electrons. The van der Waals surface area contributed by atoms with E-state index in [0.29, 0.717) is 18.6 Å². The molecule has 2 heterocycles. The van der Waals surface area contributed by atoms with Gasteiger partial charge in [0.2, 0.25) is 5.91 Å². The van der Waals surface area contributed by atoms with E-state index in [2.05, 4.69) is 14.8 Å². The molecule has 0 aliphatic heterocycles. The minimum Gasteiger partial charge on any atom is -0.453 e. The molecule has 0 aliphatic carbocycles. The lowest BCUT2D eigenvalue weighted by molar-refractivity contribution is -0.131. The molecule has 11 heteroatoms. The summed E-state index contributed by atoms with van der Waals surface area (Å²) in [5.74, 6) is -0.254. The van der Waals surface area contributed by atoms with Crippen LogP contribution in [0.15, 0.2) is 47.2 Å². The Hall–Kier alpha value is -2.60. The Morgan fingerprint density at radius 1 is 1.26 bits per heavy atom. The molecule has 0 spiro atoms. The fourth-order valence-corrected chi connectivity index (χ4v) is 4.82. The number of aromatic nitrogens is 1. The number of hydrogen-bond acceptors (Lipinski definition) is 9. The predicted octanol–water partition coefficient (Wildman–Crippen LogP) is 4.50. The van der Waals surface area contributed by atoms with Crippen molar-refractivity contribution in [1.29, 1.82) is 0 Å². The molecule has 1 aromatic carbocycles. The maximum atomic E-state index is 12.7. The van der Waals surface area contributed by atoms with Gasteiger partial charge in [0.15, 0.2) is 0 Å². The lowest BCUT2D eigenvalue weighted by Gasteiger charge is -2.27. The molecule has 0 fully saturated rings. The molecule has 8 nitrogen and oxygen atoms in total. The van der Waals surface area contributed by atoms with E-state index in [4.69, 9.17) is 9.54 Å². The third-order valence-electron chi connectivity index (χ3n) is 4.57. The van der Waals surface area contributed by atoms with Crippen molar-refractivity contribution in [2.24, 2.45) is 0 Å². The molecule has 0 saturated carbocycles. The van der Waals surface area contributed by atoms with Crippen LogP contribution < -0.4 is 10.0 Å². The highest BCUT2D eigenvalue weighted by molar-refractivity contribution is 7.95. The largest absolute Gasteiger partial charge is 0.453 e. The second-order valence-electron chi connectivity index (χ2n) is 6.51. The quantitative estimate of drug-likeness (QED) is 0.307. The van der Waals surface area contributed by atoms with Gasteiger partial charge in [0, 0.05) is 18.1 Å². The average molecular weight is 479 g/mol. The van der Waals surface area contributed by atoms with Gasteiger partial charge < -0.3 is 24.2 Å². The Kier molecular flexibility index (Phi) is 8.29. The fraction of sp³-hybridized carbons (Fsp3) is 0.250. The molecule has 2 aromatic heterocycles. The smallest absolute Gasteiger partial charge is 0.407 e. The standard InChI is InChI=1S/C20H22N4O4S3/c1-24(18(25)11-21-20(26)28-2)16(10-13-5-7-14(8-6-13)23-31-27)15-12-30-19(22-15)17-4-3-9-29-17/h3-9,12,16,23,27H,10-11H2,1-2H3,(H,21,26). The Morgan fingerprint density at radius 2 is 2.03 bits per heavy atom. The van der Waals surface area contributed by atoms with Crippen molar-refractivity contribution in [2.75, 3.05) is 25.4 Å². The topological polar surface area (TPSA) is 104 Å². The number of hydrogen-bond donors (Lipinski definition) is 3. The maximum Gasteiger partial charge on any atom is 0.407 e. The van der Waals surface area contributed by atoms with Crippen LogP contribution in [0.3, 0.4) is 0 Å². The minimum atomic E-state index is -0.656. The average Bonchev–Trinajstić information content (AvgIpc) is 3.48. The maximum absolute atomic E-state index is 12.7. The van der Waals surface area contributed by atoms with Gasteiger partial charge in [-0.15, -0.1) is 22.7 Å². The summed E-state index contributed by atoms with van der Waals surface area (Å²) in [5.41, 5.74) is 2.56. The second kappa shape index (κ2) is 11.1. The lowest BCUT2D eigenvalue weighted by Crippen LogP contribution is -2.40. The molecule has 0 saturated heterocycles. The van der Waals surface area contributed by atoms with Crippen LogP contribution in [0, 0.1) is 0 Å². The summed E-state index contributed by atoms with van der Waals surface area (Å²) in [5, 5.41) is 7.31. The van der Waals surface area contributed by atoms with Gasteiger partial charge in [-0.2, -0.15) is 0 Å². The van der Waals surface area contributed by atoms with Crippen LogP contribution in [0.1, 0.15) is 17.3 Å². The highest BCUT2D eigenvalue weighted by atomic mass is 32.2. The number of thiazole rings is 1. The molecular weight excluding hydrogens is 456 g/mol. The van der Waals surface area contributed by atoms with Gasteiger partial charge in [0.05, 0.1) is 23.7 Å². The first-order chi connectivity index (χ1) is 15.0. The number of carbonyl (C=O) groups is 2. The number of amides is 2. The fourth-order valence-electron chi connectivity index (χ4n) is 2.90. The number of likely N-dealkylation sites (N-methyl/N-ethyl adjacent to an activating group) is 1. The van der Waals surface area contributed by atoms with Crippen LogP contribution in [-0.4, -0.2) is 47.1 Å². The van der Waals surface area contributed by atoms with Crippen molar-refractivity contribution in [3.63, 3.8) is 0 Å². The van der Waals surface area contributed by atoms with E-state index in [9.17, 15) is 9.59 Å².